The molecule has 1 amide bonds. The van der Waals surface area contributed by atoms with Gasteiger partial charge in [-0.1, -0.05) is 80.6 Å². The molecule has 0 atom stereocenters. The average Bonchev–Trinajstić information content (AvgIpc) is 3.22. The summed E-state index contributed by atoms with van der Waals surface area (Å²) in [4.78, 5) is 12.5. The highest BCUT2D eigenvalue weighted by atomic mass is 16.1. The fourth-order valence-corrected chi connectivity index (χ4v) is 3.32. The minimum atomic E-state index is -0.160. The summed E-state index contributed by atoms with van der Waals surface area (Å²) in [5, 5.41) is 12.5. The van der Waals surface area contributed by atoms with E-state index < -0.39 is 0 Å². The number of rotatable bonds is 5. The van der Waals surface area contributed by atoms with Gasteiger partial charge in [0.2, 0.25) is 0 Å². The normalized spacial score (nSPS) is 11.1. The molecule has 0 aliphatic heterocycles. The van der Waals surface area contributed by atoms with Crippen molar-refractivity contribution in [2.24, 2.45) is 0 Å². The Balaban J connectivity index is 1.48. The third-order valence-corrected chi connectivity index (χ3v) is 4.99. The number of nitrogens with zero attached hydrogens (tertiary/aromatic N) is 1. The van der Waals surface area contributed by atoms with E-state index in [4.69, 9.17) is 0 Å². The molecular formula is C24H23N3O. The summed E-state index contributed by atoms with van der Waals surface area (Å²) in [7, 11) is 0. The third kappa shape index (κ3) is 3.67. The van der Waals surface area contributed by atoms with E-state index >= 15 is 0 Å². The van der Waals surface area contributed by atoms with E-state index in [1.807, 2.05) is 24.3 Å². The number of aromatic nitrogens is 2. The molecule has 0 saturated heterocycles. The van der Waals surface area contributed by atoms with Gasteiger partial charge in [0.15, 0.2) is 0 Å². The molecule has 4 nitrogen and oxygen atoms in total. The van der Waals surface area contributed by atoms with Gasteiger partial charge in [-0.05, 0) is 33.9 Å². The van der Waals surface area contributed by atoms with Crippen molar-refractivity contribution in [1.82, 2.24) is 15.5 Å². The number of H-pyrrole nitrogens is 1. The summed E-state index contributed by atoms with van der Waals surface area (Å²) >= 11 is 0. The fourth-order valence-electron chi connectivity index (χ4n) is 3.32. The van der Waals surface area contributed by atoms with Crippen LogP contribution in [-0.4, -0.2) is 16.1 Å². The summed E-state index contributed by atoms with van der Waals surface area (Å²) in [6, 6.07) is 24.4. The van der Waals surface area contributed by atoms with Gasteiger partial charge in [0.05, 0.1) is 5.69 Å². The topological polar surface area (TPSA) is 57.8 Å². The molecule has 4 rings (SSSR count). The number of carbonyl (C=O) groups is 1. The third-order valence-electron chi connectivity index (χ3n) is 4.99. The standard InChI is InChI=1S/C24H23N3O/c1-16(2)18-12-10-17(11-13-18)15-25-24(28)23-14-22(26-27-23)21-9-5-7-19-6-3-4-8-20(19)21/h3-14,16H,15H2,1-2H3,(H,25,28)(H,26,27). The molecular weight excluding hydrogens is 346 g/mol. The van der Waals surface area contributed by atoms with Crippen LogP contribution in [0.1, 0.15) is 41.4 Å². The van der Waals surface area contributed by atoms with Crippen molar-refractivity contribution in [1.29, 1.82) is 0 Å². The number of carbonyl (C=O) groups excluding carboxylic acids is 1. The van der Waals surface area contributed by atoms with Crippen molar-refractivity contribution in [2.75, 3.05) is 0 Å². The van der Waals surface area contributed by atoms with Crippen LogP contribution in [0, 0.1) is 0 Å². The molecule has 0 aliphatic carbocycles. The molecule has 1 aromatic heterocycles. The molecule has 140 valence electrons. The average molecular weight is 369 g/mol. The zero-order chi connectivity index (χ0) is 19.5. The first-order valence-electron chi connectivity index (χ1n) is 9.52. The molecule has 0 fully saturated rings. The first-order chi connectivity index (χ1) is 13.6. The van der Waals surface area contributed by atoms with E-state index in [-0.39, 0.29) is 5.91 Å². The van der Waals surface area contributed by atoms with Gasteiger partial charge in [0, 0.05) is 12.1 Å². The largest absolute Gasteiger partial charge is 0.347 e. The van der Waals surface area contributed by atoms with E-state index in [0.717, 1.165) is 27.6 Å². The summed E-state index contributed by atoms with van der Waals surface area (Å²) in [5.41, 5.74) is 4.61. The predicted molar refractivity (Wildman–Crippen MR) is 113 cm³/mol. The van der Waals surface area contributed by atoms with Crippen LogP contribution in [-0.2, 0) is 6.54 Å². The Kier molecular flexibility index (Phi) is 4.94. The van der Waals surface area contributed by atoms with Crippen LogP contribution in [0.25, 0.3) is 22.0 Å². The lowest BCUT2D eigenvalue weighted by molar-refractivity contribution is 0.0946. The van der Waals surface area contributed by atoms with Gasteiger partial charge in [-0.15, -0.1) is 0 Å². The molecule has 3 aromatic carbocycles. The van der Waals surface area contributed by atoms with Crippen LogP contribution in [0.5, 0.6) is 0 Å². The van der Waals surface area contributed by atoms with Crippen molar-refractivity contribution in [3.63, 3.8) is 0 Å². The maximum atomic E-state index is 12.5. The number of aromatic amines is 1. The van der Waals surface area contributed by atoms with Crippen LogP contribution >= 0.6 is 0 Å². The zero-order valence-electron chi connectivity index (χ0n) is 16.1. The maximum absolute atomic E-state index is 12.5. The van der Waals surface area contributed by atoms with Crippen molar-refractivity contribution < 1.29 is 4.79 Å². The highest BCUT2D eigenvalue weighted by molar-refractivity contribution is 5.98. The lowest BCUT2D eigenvalue weighted by Crippen LogP contribution is -2.23. The predicted octanol–water partition coefficient (Wildman–Crippen LogP) is 5.28. The molecule has 0 spiro atoms. The number of nitrogens with one attached hydrogen (secondary N) is 2. The van der Waals surface area contributed by atoms with Crippen LogP contribution in [0.3, 0.4) is 0 Å². The lowest BCUT2D eigenvalue weighted by Gasteiger charge is -2.07. The molecule has 4 heteroatoms. The van der Waals surface area contributed by atoms with Crippen molar-refractivity contribution >= 4 is 16.7 Å². The van der Waals surface area contributed by atoms with Gasteiger partial charge in [0.1, 0.15) is 5.69 Å². The van der Waals surface area contributed by atoms with Gasteiger partial charge >= 0.3 is 0 Å². The molecule has 0 saturated carbocycles. The Morgan fingerprint density at radius 3 is 2.54 bits per heavy atom. The SMILES string of the molecule is CC(C)c1ccc(CNC(=O)c2cc(-c3cccc4ccccc34)n[nH]2)cc1. The smallest absolute Gasteiger partial charge is 0.269 e. The van der Waals surface area contributed by atoms with Crippen LogP contribution in [0.15, 0.2) is 72.8 Å². The Labute approximate surface area is 164 Å². The molecule has 4 aromatic rings. The maximum Gasteiger partial charge on any atom is 0.269 e. The minimum absolute atomic E-state index is 0.160. The van der Waals surface area contributed by atoms with Gasteiger partial charge in [0.25, 0.3) is 5.91 Å². The van der Waals surface area contributed by atoms with Gasteiger partial charge in [-0.25, -0.2) is 0 Å². The first kappa shape index (κ1) is 18.0. The van der Waals surface area contributed by atoms with E-state index in [2.05, 4.69) is 71.8 Å². The van der Waals surface area contributed by atoms with E-state index in [1.165, 1.54) is 5.56 Å². The number of hydrogen-bond donors (Lipinski definition) is 2. The van der Waals surface area contributed by atoms with Gasteiger partial charge < -0.3 is 5.32 Å². The summed E-state index contributed by atoms with van der Waals surface area (Å²) in [5.74, 6) is 0.341. The molecule has 2 N–H and O–H groups in total. The van der Waals surface area contributed by atoms with Crippen LogP contribution < -0.4 is 5.32 Å². The molecule has 0 unspecified atom stereocenters. The van der Waals surface area contributed by atoms with Crippen molar-refractivity contribution in [3.8, 4) is 11.3 Å². The second-order valence-corrected chi connectivity index (χ2v) is 7.27. The van der Waals surface area contributed by atoms with Crippen molar-refractivity contribution in [2.45, 2.75) is 26.3 Å². The summed E-state index contributed by atoms with van der Waals surface area (Å²) in [6.07, 6.45) is 0. The Hall–Kier alpha value is -3.40. The number of fused-ring (bicyclic) bond motifs is 1. The Morgan fingerprint density at radius 2 is 1.75 bits per heavy atom. The van der Waals surface area contributed by atoms with E-state index in [0.29, 0.717) is 18.2 Å². The lowest BCUT2D eigenvalue weighted by atomic mass is 10.0. The Morgan fingerprint density at radius 1 is 1.00 bits per heavy atom. The van der Waals surface area contributed by atoms with Gasteiger partial charge in [-0.2, -0.15) is 5.10 Å². The monoisotopic (exact) mass is 369 g/mol. The van der Waals surface area contributed by atoms with Crippen molar-refractivity contribution in [3.05, 3.63) is 89.6 Å². The number of amides is 1. The Bertz CT molecular complexity index is 1100. The molecule has 0 bridgehead atoms. The van der Waals surface area contributed by atoms with Gasteiger partial charge in [-0.3, -0.25) is 9.89 Å². The van der Waals surface area contributed by atoms with Crippen LogP contribution in [0.2, 0.25) is 0 Å². The molecule has 28 heavy (non-hydrogen) atoms. The van der Waals surface area contributed by atoms with E-state index in [9.17, 15) is 4.79 Å². The highest BCUT2D eigenvalue weighted by Gasteiger charge is 2.12. The number of benzene rings is 3. The van der Waals surface area contributed by atoms with Crippen LogP contribution in [0.4, 0.5) is 0 Å². The second kappa shape index (κ2) is 7.69. The minimum Gasteiger partial charge on any atom is -0.347 e. The molecule has 0 aliphatic rings. The first-order valence-corrected chi connectivity index (χ1v) is 9.52. The summed E-state index contributed by atoms with van der Waals surface area (Å²) in [6.45, 7) is 4.82. The summed E-state index contributed by atoms with van der Waals surface area (Å²) < 4.78 is 0. The number of hydrogen-bond acceptors (Lipinski definition) is 2. The fraction of sp³-hybridized carbons (Fsp3) is 0.167. The zero-order valence-corrected chi connectivity index (χ0v) is 16.1. The highest BCUT2D eigenvalue weighted by Crippen LogP contribution is 2.27. The molecule has 0 radical (unpaired) electrons. The second-order valence-electron chi connectivity index (χ2n) is 7.27. The van der Waals surface area contributed by atoms with E-state index in [1.54, 1.807) is 6.07 Å². The quantitative estimate of drug-likeness (QED) is 0.503. The molecule has 1 heterocycles.